The van der Waals surface area contributed by atoms with E-state index in [-0.39, 0.29) is 36.3 Å². The number of rotatable bonds is 8. The summed E-state index contributed by atoms with van der Waals surface area (Å²) in [7, 11) is 0. The smallest absolute Gasteiger partial charge is 0.293 e. The van der Waals surface area contributed by atoms with E-state index in [1.807, 2.05) is 0 Å². The number of amides is 2. The maximum absolute atomic E-state index is 13.4. The van der Waals surface area contributed by atoms with Crippen molar-refractivity contribution < 1.29 is 27.8 Å². The molecule has 0 N–H and O–H groups in total. The van der Waals surface area contributed by atoms with E-state index >= 15 is 0 Å². The largest absolute Gasteiger partial charge is 0.492 e. The number of thioether (sulfide) groups is 1. The first kappa shape index (κ1) is 22.5. The SMILES string of the molecule is O=C1S/C(=C\c2ccccc2OCc2cccc(F)c2)C(=O)N1CCOc1ccc(F)cc1. The third-order valence-electron chi connectivity index (χ3n) is 4.76. The molecule has 5 nitrogen and oxygen atoms in total. The normalized spacial score (nSPS) is 14.7. The Balaban J connectivity index is 1.41. The van der Waals surface area contributed by atoms with Gasteiger partial charge in [-0.15, -0.1) is 0 Å². The number of carbonyl (C=O) groups excluding carboxylic acids is 2. The summed E-state index contributed by atoms with van der Waals surface area (Å²) in [6.45, 7) is 0.312. The van der Waals surface area contributed by atoms with E-state index in [0.29, 0.717) is 22.6 Å². The van der Waals surface area contributed by atoms with Crippen molar-refractivity contribution in [1.29, 1.82) is 0 Å². The highest BCUT2D eigenvalue weighted by Gasteiger charge is 2.35. The quantitative estimate of drug-likeness (QED) is 0.400. The summed E-state index contributed by atoms with van der Waals surface area (Å²) in [4.78, 5) is 26.5. The fourth-order valence-corrected chi connectivity index (χ4v) is 3.99. The Labute approximate surface area is 193 Å². The number of nitrogens with zero attached hydrogens (tertiary/aromatic N) is 1. The number of ether oxygens (including phenoxy) is 2. The van der Waals surface area contributed by atoms with E-state index in [4.69, 9.17) is 9.47 Å². The van der Waals surface area contributed by atoms with Crippen molar-refractivity contribution in [3.63, 3.8) is 0 Å². The summed E-state index contributed by atoms with van der Waals surface area (Å²) in [5.74, 6) is -0.191. The molecule has 0 bridgehead atoms. The molecule has 0 spiro atoms. The first-order valence-electron chi connectivity index (χ1n) is 10.1. The predicted octanol–water partition coefficient (Wildman–Crippen LogP) is 5.66. The van der Waals surface area contributed by atoms with Crippen molar-refractivity contribution in [3.8, 4) is 11.5 Å². The lowest BCUT2D eigenvalue weighted by molar-refractivity contribution is -0.123. The molecule has 0 atom stereocenters. The van der Waals surface area contributed by atoms with Crippen LogP contribution >= 0.6 is 11.8 Å². The van der Waals surface area contributed by atoms with Gasteiger partial charge in [-0.1, -0.05) is 30.3 Å². The Bertz CT molecular complexity index is 1200. The van der Waals surface area contributed by atoms with Gasteiger partial charge in [0.05, 0.1) is 11.4 Å². The van der Waals surface area contributed by atoms with Gasteiger partial charge in [0.15, 0.2) is 0 Å². The standard InChI is InChI=1S/C25H19F2NO4S/c26-19-8-10-21(11-9-19)31-13-12-28-24(29)23(33-25(28)30)15-18-5-1-2-7-22(18)32-16-17-4-3-6-20(27)14-17/h1-11,14-15H,12-13,16H2/b23-15-. The second-order valence-corrected chi connectivity index (χ2v) is 8.09. The first-order chi connectivity index (χ1) is 16.0. The van der Waals surface area contributed by atoms with Crippen LogP contribution in [0.1, 0.15) is 11.1 Å². The lowest BCUT2D eigenvalue weighted by Gasteiger charge is -2.13. The van der Waals surface area contributed by atoms with Crippen LogP contribution in [-0.2, 0) is 11.4 Å². The van der Waals surface area contributed by atoms with Gasteiger partial charge in [-0.05, 0) is 65.9 Å². The zero-order chi connectivity index (χ0) is 23.2. The predicted molar refractivity (Wildman–Crippen MR) is 122 cm³/mol. The van der Waals surface area contributed by atoms with Gasteiger partial charge in [-0.25, -0.2) is 8.78 Å². The Hall–Kier alpha value is -3.65. The van der Waals surface area contributed by atoms with Crippen molar-refractivity contribution in [2.45, 2.75) is 6.61 Å². The molecule has 0 saturated carbocycles. The minimum absolute atomic E-state index is 0.0666. The molecule has 33 heavy (non-hydrogen) atoms. The number of hydrogen-bond acceptors (Lipinski definition) is 5. The van der Waals surface area contributed by atoms with Gasteiger partial charge in [0.25, 0.3) is 11.1 Å². The number of imide groups is 1. The molecule has 0 aromatic heterocycles. The van der Waals surface area contributed by atoms with Crippen LogP contribution < -0.4 is 9.47 Å². The van der Waals surface area contributed by atoms with E-state index in [2.05, 4.69) is 0 Å². The summed E-state index contributed by atoms with van der Waals surface area (Å²) in [6.07, 6.45) is 1.60. The monoisotopic (exact) mass is 467 g/mol. The zero-order valence-electron chi connectivity index (χ0n) is 17.4. The van der Waals surface area contributed by atoms with Crippen LogP contribution in [0.5, 0.6) is 11.5 Å². The van der Waals surface area contributed by atoms with Crippen molar-refractivity contribution >= 4 is 29.0 Å². The Morgan fingerprint density at radius 1 is 0.879 bits per heavy atom. The fourth-order valence-electron chi connectivity index (χ4n) is 3.14. The molecule has 0 unspecified atom stereocenters. The number of hydrogen-bond donors (Lipinski definition) is 0. The highest BCUT2D eigenvalue weighted by molar-refractivity contribution is 8.18. The summed E-state index contributed by atoms with van der Waals surface area (Å²) in [5.41, 5.74) is 1.30. The van der Waals surface area contributed by atoms with Gasteiger partial charge in [0.1, 0.15) is 36.3 Å². The molecule has 0 radical (unpaired) electrons. The fraction of sp³-hybridized carbons (Fsp3) is 0.120. The molecule has 2 amide bonds. The third-order valence-corrected chi connectivity index (χ3v) is 5.67. The molecule has 4 rings (SSSR count). The zero-order valence-corrected chi connectivity index (χ0v) is 18.2. The van der Waals surface area contributed by atoms with Crippen LogP contribution in [-0.4, -0.2) is 29.2 Å². The Morgan fingerprint density at radius 2 is 1.67 bits per heavy atom. The van der Waals surface area contributed by atoms with Crippen LogP contribution in [0.15, 0.2) is 77.7 Å². The van der Waals surface area contributed by atoms with Gasteiger partial charge < -0.3 is 9.47 Å². The molecule has 3 aromatic carbocycles. The molecule has 168 valence electrons. The van der Waals surface area contributed by atoms with Gasteiger partial charge >= 0.3 is 0 Å². The molecule has 1 fully saturated rings. The minimum atomic E-state index is -0.423. The maximum atomic E-state index is 13.4. The Kier molecular flexibility index (Phi) is 7.04. The van der Waals surface area contributed by atoms with Gasteiger partial charge in [0.2, 0.25) is 0 Å². The third kappa shape index (κ3) is 5.78. The van der Waals surface area contributed by atoms with Crippen molar-refractivity contribution in [1.82, 2.24) is 4.90 Å². The topological polar surface area (TPSA) is 55.8 Å². The van der Waals surface area contributed by atoms with E-state index < -0.39 is 11.1 Å². The minimum Gasteiger partial charge on any atom is -0.492 e. The molecule has 1 heterocycles. The number of para-hydroxylation sites is 1. The number of benzene rings is 3. The number of halogens is 2. The van der Waals surface area contributed by atoms with Gasteiger partial charge in [-0.3, -0.25) is 14.5 Å². The average Bonchev–Trinajstić information content (AvgIpc) is 3.07. The van der Waals surface area contributed by atoms with Gasteiger partial charge in [0, 0.05) is 5.56 Å². The summed E-state index contributed by atoms with van der Waals surface area (Å²) in [6, 6.07) is 18.7. The Morgan fingerprint density at radius 3 is 2.45 bits per heavy atom. The molecule has 0 aliphatic carbocycles. The molecule has 1 aliphatic rings. The van der Waals surface area contributed by atoms with Crippen LogP contribution in [0.25, 0.3) is 6.08 Å². The molecule has 1 aliphatic heterocycles. The second-order valence-electron chi connectivity index (χ2n) is 7.09. The first-order valence-corrected chi connectivity index (χ1v) is 10.9. The lowest BCUT2D eigenvalue weighted by Crippen LogP contribution is -2.32. The van der Waals surface area contributed by atoms with E-state index in [0.717, 1.165) is 16.7 Å². The van der Waals surface area contributed by atoms with E-state index in [1.54, 1.807) is 42.5 Å². The number of carbonyl (C=O) groups is 2. The van der Waals surface area contributed by atoms with Crippen LogP contribution in [0, 0.1) is 11.6 Å². The van der Waals surface area contributed by atoms with Crippen molar-refractivity contribution in [2.75, 3.05) is 13.2 Å². The molecule has 8 heteroatoms. The lowest BCUT2D eigenvalue weighted by atomic mass is 10.1. The van der Waals surface area contributed by atoms with E-state index in [1.165, 1.54) is 36.4 Å². The summed E-state index contributed by atoms with van der Waals surface area (Å²) < 4.78 is 37.7. The highest BCUT2D eigenvalue weighted by Crippen LogP contribution is 2.34. The van der Waals surface area contributed by atoms with Crippen LogP contribution in [0.4, 0.5) is 13.6 Å². The molecular weight excluding hydrogens is 448 g/mol. The van der Waals surface area contributed by atoms with Crippen LogP contribution in [0.3, 0.4) is 0 Å². The summed E-state index contributed by atoms with van der Waals surface area (Å²) >= 11 is 0.838. The molecule has 3 aromatic rings. The maximum Gasteiger partial charge on any atom is 0.293 e. The van der Waals surface area contributed by atoms with Crippen molar-refractivity contribution in [2.24, 2.45) is 0 Å². The van der Waals surface area contributed by atoms with Crippen molar-refractivity contribution in [3.05, 3.63) is 100 Å². The second kappa shape index (κ2) is 10.3. The van der Waals surface area contributed by atoms with Gasteiger partial charge in [-0.2, -0.15) is 0 Å². The average molecular weight is 467 g/mol. The van der Waals surface area contributed by atoms with Crippen LogP contribution in [0.2, 0.25) is 0 Å². The molecular formula is C25H19F2NO4S. The van der Waals surface area contributed by atoms with E-state index in [9.17, 15) is 18.4 Å². The highest BCUT2D eigenvalue weighted by atomic mass is 32.2. The summed E-state index contributed by atoms with van der Waals surface area (Å²) in [5, 5.41) is -0.396. The molecule has 1 saturated heterocycles.